The molecule has 0 aromatic heterocycles. The molecule has 2 aromatic rings. The van der Waals surface area contributed by atoms with Gasteiger partial charge in [0.2, 0.25) is 11.8 Å². The molecule has 4 nitrogen and oxygen atoms in total. The van der Waals surface area contributed by atoms with Crippen molar-refractivity contribution in [1.29, 1.82) is 0 Å². The van der Waals surface area contributed by atoms with E-state index in [1.165, 1.54) is 19.1 Å². The molecule has 0 unspecified atom stereocenters. The van der Waals surface area contributed by atoms with Crippen molar-refractivity contribution in [3.05, 3.63) is 64.4 Å². The van der Waals surface area contributed by atoms with Gasteiger partial charge < -0.3 is 10.2 Å². The summed E-state index contributed by atoms with van der Waals surface area (Å²) in [4.78, 5) is 27.2. The average molecular weight is 373 g/mol. The zero-order valence-corrected chi connectivity index (χ0v) is 15.0. The zero-order valence-electron chi connectivity index (χ0n) is 14.3. The Kier molecular flexibility index (Phi) is 3.99. The molecular weight excluding hydrogens is 355 g/mol. The molecule has 2 aliphatic rings. The lowest BCUT2D eigenvalue weighted by atomic mass is 9.66. The highest BCUT2D eigenvalue weighted by Gasteiger charge is 2.56. The van der Waals surface area contributed by atoms with Crippen LogP contribution < -0.4 is 5.32 Å². The third-order valence-corrected chi connectivity index (χ3v) is 5.67. The number of hydrogen-bond donors (Lipinski definition) is 1. The monoisotopic (exact) mass is 372 g/mol. The Balaban J connectivity index is 1.96. The highest BCUT2D eigenvalue weighted by Crippen LogP contribution is 2.54. The molecule has 2 aliphatic heterocycles. The summed E-state index contributed by atoms with van der Waals surface area (Å²) < 4.78 is 14.0. The van der Waals surface area contributed by atoms with Crippen LogP contribution in [0.3, 0.4) is 0 Å². The molecule has 2 aromatic carbocycles. The van der Waals surface area contributed by atoms with E-state index in [-0.39, 0.29) is 17.6 Å². The van der Waals surface area contributed by atoms with E-state index >= 15 is 0 Å². The third kappa shape index (κ3) is 2.42. The Bertz CT molecular complexity index is 916. The zero-order chi connectivity index (χ0) is 18.5. The topological polar surface area (TPSA) is 49.4 Å². The summed E-state index contributed by atoms with van der Waals surface area (Å²) >= 11 is 6.09. The molecule has 4 rings (SSSR count). The van der Waals surface area contributed by atoms with Gasteiger partial charge in [0.1, 0.15) is 11.2 Å². The maximum absolute atomic E-state index is 14.0. The number of benzene rings is 2. The van der Waals surface area contributed by atoms with Gasteiger partial charge in [-0.1, -0.05) is 29.8 Å². The van der Waals surface area contributed by atoms with E-state index in [4.69, 9.17) is 11.6 Å². The van der Waals surface area contributed by atoms with Crippen molar-refractivity contribution < 1.29 is 14.0 Å². The Labute approximate surface area is 155 Å². The van der Waals surface area contributed by atoms with E-state index in [0.717, 1.165) is 5.56 Å². The minimum atomic E-state index is -0.947. The molecule has 1 N–H and O–H groups in total. The molecule has 0 bridgehead atoms. The Morgan fingerprint density at radius 1 is 1.31 bits per heavy atom. The summed E-state index contributed by atoms with van der Waals surface area (Å²) in [7, 11) is 0. The summed E-state index contributed by atoms with van der Waals surface area (Å²) in [5, 5.41) is 3.45. The second-order valence-electron chi connectivity index (χ2n) is 6.89. The summed E-state index contributed by atoms with van der Waals surface area (Å²) in [5.74, 6) is -0.690. The van der Waals surface area contributed by atoms with Crippen LogP contribution in [0.1, 0.15) is 36.9 Å². The maximum Gasteiger partial charge on any atom is 0.237 e. The fourth-order valence-corrected chi connectivity index (χ4v) is 4.60. The van der Waals surface area contributed by atoms with E-state index in [1.54, 1.807) is 29.2 Å². The predicted octanol–water partition coefficient (Wildman–Crippen LogP) is 4.05. The number of nitrogens with one attached hydrogen (secondary N) is 1. The van der Waals surface area contributed by atoms with E-state index in [2.05, 4.69) is 5.32 Å². The van der Waals surface area contributed by atoms with Gasteiger partial charge in [0.25, 0.3) is 0 Å². The van der Waals surface area contributed by atoms with Gasteiger partial charge in [-0.15, -0.1) is 0 Å². The molecule has 0 radical (unpaired) electrons. The first kappa shape index (κ1) is 17.0. The largest absolute Gasteiger partial charge is 0.334 e. The van der Waals surface area contributed by atoms with E-state index in [1.807, 2.05) is 6.07 Å². The number of piperidine rings is 1. The Morgan fingerprint density at radius 2 is 2.12 bits per heavy atom. The smallest absolute Gasteiger partial charge is 0.237 e. The highest BCUT2D eigenvalue weighted by molar-refractivity contribution is 6.31. The lowest BCUT2D eigenvalue weighted by Gasteiger charge is -2.47. The number of anilines is 1. The van der Waals surface area contributed by atoms with Crippen LogP contribution in [0.2, 0.25) is 5.02 Å². The Hall–Kier alpha value is -2.40. The van der Waals surface area contributed by atoms with Crippen molar-refractivity contribution in [2.24, 2.45) is 0 Å². The summed E-state index contributed by atoms with van der Waals surface area (Å²) in [6.45, 7) is 2.02. The number of amides is 2. The molecule has 26 heavy (non-hydrogen) atoms. The SMILES string of the molecule is CC(=O)N1CCC[C@]2(C(=O)Nc3cc(Cl)ccc32)[C@H]1c1cccc(F)c1. The summed E-state index contributed by atoms with van der Waals surface area (Å²) in [6, 6.07) is 10.9. The molecule has 2 amide bonds. The number of likely N-dealkylation sites (tertiary alicyclic amines) is 1. The lowest BCUT2D eigenvalue weighted by molar-refractivity contribution is -0.138. The second-order valence-corrected chi connectivity index (χ2v) is 7.33. The van der Waals surface area contributed by atoms with Crippen LogP contribution >= 0.6 is 11.6 Å². The first-order valence-electron chi connectivity index (χ1n) is 8.57. The quantitative estimate of drug-likeness (QED) is 0.820. The molecule has 134 valence electrons. The normalized spacial score (nSPS) is 24.5. The van der Waals surface area contributed by atoms with Crippen LogP contribution in [-0.2, 0) is 15.0 Å². The minimum Gasteiger partial charge on any atom is -0.334 e. The van der Waals surface area contributed by atoms with Gasteiger partial charge >= 0.3 is 0 Å². The van der Waals surface area contributed by atoms with Crippen LogP contribution in [-0.4, -0.2) is 23.3 Å². The molecule has 2 heterocycles. The van der Waals surface area contributed by atoms with Gasteiger partial charge in [0, 0.05) is 24.2 Å². The van der Waals surface area contributed by atoms with Crippen LogP contribution in [0.5, 0.6) is 0 Å². The molecule has 0 aliphatic carbocycles. The van der Waals surface area contributed by atoms with Crippen LogP contribution in [0.15, 0.2) is 42.5 Å². The van der Waals surface area contributed by atoms with Crippen LogP contribution in [0.25, 0.3) is 0 Å². The first-order valence-corrected chi connectivity index (χ1v) is 8.95. The van der Waals surface area contributed by atoms with Crippen molar-refractivity contribution in [1.82, 2.24) is 4.90 Å². The minimum absolute atomic E-state index is 0.131. The molecule has 6 heteroatoms. The number of nitrogens with zero attached hydrogens (tertiary/aromatic N) is 1. The Morgan fingerprint density at radius 3 is 2.85 bits per heavy atom. The van der Waals surface area contributed by atoms with E-state index in [9.17, 15) is 14.0 Å². The van der Waals surface area contributed by atoms with Crippen molar-refractivity contribution in [3.63, 3.8) is 0 Å². The van der Waals surface area contributed by atoms with Crippen LogP contribution in [0, 0.1) is 5.82 Å². The maximum atomic E-state index is 14.0. The predicted molar refractivity (Wildman–Crippen MR) is 97.5 cm³/mol. The molecule has 1 saturated heterocycles. The highest BCUT2D eigenvalue weighted by atomic mass is 35.5. The van der Waals surface area contributed by atoms with E-state index in [0.29, 0.717) is 35.7 Å². The average Bonchev–Trinajstić information content (AvgIpc) is 2.86. The number of hydrogen-bond acceptors (Lipinski definition) is 2. The molecule has 1 spiro atoms. The fraction of sp³-hybridized carbons (Fsp3) is 0.300. The van der Waals surface area contributed by atoms with Crippen molar-refractivity contribution >= 4 is 29.1 Å². The molecule has 2 atom stereocenters. The third-order valence-electron chi connectivity index (χ3n) is 5.43. The van der Waals surface area contributed by atoms with Crippen LogP contribution in [0.4, 0.5) is 10.1 Å². The summed E-state index contributed by atoms with van der Waals surface area (Å²) in [5.41, 5.74) is 1.15. The number of carbonyl (C=O) groups excluding carboxylic acids is 2. The molecule has 0 saturated carbocycles. The number of fused-ring (bicyclic) bond motifs is 2. The van der Waals surface area contributed by atoms with Gasteiger partial charge in [0.15, 0.2) is 0 Å². The van der Waals surface area contributed by atoms with E-state index < -0.39 is 11.5 Å². The number of carbonyl (C=O) groups is 2. The second kappa shape index (κ2) is 6.09. The fourth-order valence-electron chi connectivity index (χ4n) is 4.43. The van der Waals surface area contributed by atoms with Crippen molar-refractivity contribution in [2.45, 2.75) is 31.2 Å². The standard InChI is InChI=1S/C20H18ClFN2O2/c1-12(25)24-9-3-8-20(18(24)13-4-2-5-15(22)10-13)16-7-6-14(21)11-17(16)23-19(20)26/h2,4-7,10-11,18H,3,8-9H2,1H3,(H,23,26)/t18-,20-/m1/s1. The van der Waals surface area contributed by atoms with Crippen molar-refractivity contribution in [3.8, 4) is 0 Å². The lowest BCUT2D eigenvalue weighted by Crippen LogP contribution is -2.53. The number of halogens is 2. The number of rotatable bonds is 1. The van der Waals surface area contributed by atoms with Gasteiger partial charge in [-0.2, -0.15) is 0 Å². The van der Waals surface area contributed by atoms with Gasteiger partial charge in [0.05, 0.1) is 6.04 Å². The van der Waals surface area contributed by atoms with Crippen molar-refractivity contribution in [2.75, 3.05) is 11.9 Å². The van der Waals surface area contributed by atoms with Gasteiger partial charge in [-0.05, 0) is 48.2 Å². The first-order chi connectivity index (χ1) is 12.4. The molecular formula is C20H18ClFN2O2. The molecule has 1 fully saturated rings. The summed E-state index contributed by atoms with van der Waals surface area (Å²) in [6.07, 6.45) is 1.28. The van der Waals surface area contributed by atoms with Gasteiger partial charge in [-0.3, -0.25) is 9.59 Å². The van der Waals surface area contributed by atoms with Gasteiger partial charge in [-0.25, -0.2) is 4.39 Å².